The highest BCUT2D eigenvalue weighted by Crippen LogP contribution is 2.20. The number of rotatable bonds is 2. The van der Waals surface area contributed by atoms with Crippen molar-refractivity contribution in [2.24, 2.45) is 0 Å². The molecule has 18 heavy (non-hydrogen) atoms. The van der Waals surface area contributed by atoms with Gasteiger partial charge in [-0.2, -0.15) is 13.2 Å². The van der Waals surface area contributed by atoms with Gasteiger partial charge in [0.2, 0.25) is 0 Å². The zero-order chi connectivity index (χ0) is 13.3. The molecule has 0 saturated heterocycles. The van der Waals surface area contributed by atoms with Gasteiger partial charge in [-0.05, 0) is 12.1 Å². The fraction of sp³-hybridized carbons (Fsp3) is 0.273. The highest BCUT2D eigenvalue weighted by Gasteiger charge is 2.30. The summed E-state index contributed by atoms with van der Waals surface area (Å²) >= 11 is 3.10. The minimum absolute atomic E-state index is 0.125. The van der Waals surface area contributed by atoms with Crippen LogP contribution in [0.25, 0.3) is 11.0 Å². The van der Waals surface area contributed by atoms with E-state index in [1.807, 2.05) is 0 Å². The summed E-state index contributed by atoms with van der Waals surface area (Å²) in [5, 5.41) is 0. The molecule has 0 aliphatic carbocycles. The quantitative estimate of drug-likeness (QED) is 0.797. The van der Waals surface area contributed by atoms with Crippen LogP contribution in [0, 0.1) is 0 Å². The van der Waals surface area contributed by atoms with Gasteiger partial charge in [-0.1, -0.05) is 28.1 Å². The summed E-state index contributed by atoms with van der Waals surface area (Å²) < 4.78 is 38.3. The smallest absolute Gasteiger partial charge is 0.295 e. The first-order valence-corrected chi connectivity index (χ1v) is 6.15. The summed E-state index contributed by atoms with van der Waals surface area (Å²) in [5.74, 6) is 0. The average molecular weight is 321 g/mol. The lowest BCUT2D eigenvalue weighted by Gasteiger charge is -2.10. The van der Waals surface area contributed by atoms with Crippen LogP contribution in [0.15, 0.2) is 29.1 Å². The molecule has 0 radical (unpaired) electrons. The first kappa shape index (κ1) is 13.1. The lowest BCUT2D eigenvalue weighted by molar-refractivity contribution is -0.128. The average Bonchev–Trinajstić information content (AvgIpc) is 2.28. The fourth-order valence-electron chi connectivity index (χ4n) is 1.67. The third-order valence-corrected chi connectivity index (χ3v) is 2.91. The van der Waals surface area contributed by atoms with E-state index in [0.717, 1.165) is 0 Å². The fourth-order valence-corrected chi connectivity index (χ4v) is 2.17. The van der Waals surface area contributed by atoms with Crippen LogP contribution in [-0.2, 0) is 11.9 Å². The van der Waals surface area contributed by atoms with E-state index >= 15 is 0 Å². The van der Waals surface area contributed by atoms with Crippen molar-refractivity contribution < 1.29 is 13.2 Å². The molecular formula is C11H8BrF3N2O. The van der Waals surface area contributed by atoms with Crippen LogP contribution in [0.3, 0.4) is 0 Å². The van der Waals surface area contributed by atoms with Gasteiger partial charge in [0.25, 0.3) is 5.56 Å². The predicted octanol–water partition coefficient (Wildman–Crippen LogP) is 2.85. The summed E-state index contributed by atoms with van der Waals surface area (Å²) in [6.07, 6.45) is -5.76. The Labute approximate surface area is 108 Å². The van der Waals surface area contributed by atoms with Crippen LogP contribution in [0.4, 0.5) is 13.2 Å². The van der Waals surface area contributed by atoms with Crippen LogP contribution in [0.5, 0.6) is 0 Å². The molecule has 1 aromatic heterocycles. The third-order valence-electron chi connectivity index (χ3n) is 2.41. The van der Waals surface area contributed by atoms with E-state index in [1.165, 1.54) is 4.57 Å². The molecule has 2 aromatic rings. The molecule has 0 saturated carbocycles. The van der Waals surface area contributed by atoms with Gasteiger partial charge in [-0.15, -0.1) is 0 Å². The van der Waals surface area contributed by atoms with E-state index in [4.69, 9.17) is 0 Å². The minimum atomic E-state index is -4.45. The molecule has 0 bridgehead atoms. The first-order chi connectivity index (χ1) is 8.42. The number of fused-ring (bicyclic) bond motifs is 1. The number of benzene rings is 1. The van der Waals surface area contributed by atoms with Crippen LogP contribution < -0.4 is 5.56 Å². The van der Waals surface area contributed by atoms with Crippen molar-refractivity contribution >= 4 is 27.0 Å². The van der Waals surface area contributed by atoms with Crippen LogP contribution in [0.1, 0.15) is 5.69 Å². The molecule has 0 amide bonds. The van der Waals surface area contributed by atoms with E-state index in [9.17, 15) is 18.0 Å². The summed E-state index contributed by atoms with van der Waals surface area (Å²) in [6, 6.07) is 6.58. The van der Waals surface area contributed by atoms with Crippen molar-refractivity contribution in [2.75, 3.05) is 0 Å². The molecule has 0 atom stereocenters. The molecule has 0 aliphatic heterocycles. The second-order valence-electron chi connectivity index (χ2n) is 3.69. The largest absolute Gasteiger partial charge is 0.394 e. The summed E-state index contributed by atoms with van der Waals surface area (Å²) in [6.45, 7) is 0. The van der Waals surface area contributed by atoms with Crippen LogP contribution in [-0.4, -0.2) is 15.7 Å². The normalized spacial score (nSPS) is 12.0. The molecule has 0 aliphatic rings. The van der Waals surface area contributed by atoms with Gasteiger partial charge in [0.05, 0.1) is 22.9 Å². The van der Waals surface area contributed by atoms with Crippen LogP contribution >= 0.6 is 15.9 Å². The van der Waals surface area contributed by atoms with Crippen molar-refractivity contribution in [1.29, 1.82) is 0 Å². The monoisotopic (exact) mass is 320 g/mol. The van der Waals surface area contributed by atoms with Gasteiger partial charge in [-0.25, -0.2) is 4.98 Å². The van der Waals surface area contributed by atoms with E-state index in [2.05, 4.69) is 20.9 Å². The van der Waals surface area contributed by atoms with Crippen molar-refractivity contribution in [3.05, 3.63) is 40.3 Å². The molecule has 3 nitrogen and oxygen atoms in total. The molecule has 0 spiro atoms. The molecule has 0 N–H and O–H groups in total. The number of hydrogen-bond donors (Lipinski definition) is 0. The Hall–Kier alpha value is -1.37. The zero-order valence-corrected chi connectivity index (χ0v) is 10.6. The number of alkyl halides is 4. The third kappa shape index (κ3) is 2.55. The zero-order valence-electron chi connectivity index (χ0n) is 9.04. The van der Waals surface area contributed by atoms with E-state index in [0.29, 0.717) is 11.0 Å². The van der Waals surface area contributed by atoms with Crippen molar-refractivity contribution in [3.8, 4) is 0 Å². The molecule has 1 aromatic carbocycles. The lowest BCUT2D eigenvalue weighted by atomic mass is 10.2. The Balaban J connectivity index is 2.69. The highest BCUT2D eigenvalue weighted by atomic mass is 79.9. The molecule has 2 rings (SSSR count). The Morgan fingerprint density at radius 2 is 1.94 bits per heavy atom. The predicted molar refractivity (Wildman–Crippen MR) is 64.7 cm³/mol. The topological polar surface area (TPSA) is 34.9 Å². The van der Waals surface area contributed by atoms with Gasteiger partial charge in [0.1, 0.15) is 5.69 Å². The van der Waals surface area contributed by atoms with E-state index in [-0.39, 0.29) is 5.45 Å². The molecule has 0 unspecified atom stereocenters. The highest BCUT2D eigenvalue weighted by molar-refractivity contribution is 9.08. The molecule has 1 heterocycles. The second-order valence-corrected chi connectivity index (χ2v) is 4.19. The summed E-state index contributed by atoms with van der Waals surface area (Å²) in [7, 11) is 0. The summed E-state index contributed by atoms with van der Waals surface area (Å²) in [4.78, 5) is 15.7. The number of hydrogen-bond acceptors (Lipinski definition) is 2. The first-order valence-electron chi connectivity index (χ1n) is 5.03. The minimum Gasteiger partial charge on any atom is -0.295 e. The van der Waals surface area contributed by atoms with Gasteiger partial charge in [0.15, 0.2) is 0 Å². The number of nitrogens with zero attached hydrogens (tertiary/aromatic N) is 2. The number of para-hydroxylation sites is 2. The van der Waals surface area contributed by atoms with Gasteiger partial charge >= 0.3 is 6.18 Å². The summed E-state index contributed by atoms with van der Waals surface area (Å²) in [5.41, 5.74) is -0.204. The maximum absolute atomic E-state index is 12.4. The van der Waals surface area contributed by atoms with Gasteiger partial charge < -0.3 is 0 Å². The molecular weight excluding hydrogens is 313 g/mol. The Morgan fingerprint density at radius 1 is 1.28 bits per heavy atom. The van der Waals surface area contributed by atoms with Gasteiger partial charge in [-0.3, -0.25) is 9.36 Å². The van der Waals surface area contributed by atoms with Crippen molar-refractivity contribution in [1.82, 2.24) is 9.55 Å². The van der Waals surface area contributed by atoms with Crippen molar-refractivity contribution in [2.45, 2.75) is 18.1 Å². The number of halogens is 4. The SMILES string of the molecule is O=c1c(CC(F)(F)F)nc2ccccc2n1CBr. The van der Waals surface area contributed by atoms with Gasteiger partial charge in [0, 0.05) is 0 Å². The maximum Gasteiger partial charge on any atom is 0.394 e. The van der Waals surface area contributed by atoms with Crippen LogP contribution in [0.2, 0.25) is 0 Å². The van der Waals surface area contributed by atoms with E-state index < -0.39 is 23.9 Å². The second kappa shape index (κ2) is 4.72. The Bertz CT molecular complexity index is 636. The maximum atomic E-state index is 12.4. The van der Waals surface area contributed by atoms with Crippen molar-refractivity contribution in [3.63, 3.8) is 0 Å². The molecule has 96 valence electrons. The van der Waals surface area contributed by atoms with E-state index in [1.54, 1.807) is 24.3 Å². The molecule has 0 fully saturated rings. The lowest BCUT2D eigenvalue weighted by Crippen LogP contribution is -2.28. The Morgan fingerprint density at radius 3 is 2.56 bits per heavy atom. The number of aromatic nitrogens is 2. The molecule has 7 heteroatoms. The standard InChI is InChI=1S/C11H8BrF3N2O/c12-6-17-9-4-2-1-3-7(9)16-8(10(17)18)5-11(13,14)15/h1-4H,5-6H2. The Kier molecular flexibility index (Phi) is 3.43.